The molecule has 7 heteroatoms. The van der Waals surface area contributed by atoms with E-state index in [0.717, 1.165) is 16.9 Å². The van der Waals surface area contributed by atoms with Crippen molar-refractivity contribution < 1.29 is 4.92 Å². The molecule has 4 aromatic rings. The normalized spacial score (nSPS) is 11.0. The maximum absolute atomic E-state index is 10.9. The molecule has 0 atom stereocenters. The Hall–Kier alpha value is -3.48. The Labute approximate surface area is 130 Å². The molecule has 4 rings (SSSR count). The average Bonchev–Trinajstić information content (AvgIpc) is 3.16. The van der Waals surface area contributed by atoms with Gasteiger partial charge in [0, 0.05) is 48.5 Å². The number of imidazole rings is 1. The Morgan fingerprint density at radius 2 is 2.00 bits per heavy atom. The Balaban J connectivity index is 1.84. The summed E-state index contributed by atoms with van der Waals surface area (Å²) in [7, 11) is 0. The second kappa shape index (κ2) is 5.06. The standard InChI is InChI=1S/C16H11N5O2/c22-21(23)14-5-1-4-13(9-14)19-7-8-20-16(19)10-15(18-20)12-3-2-6-17-11-12/h1-11H. The van der Waals surface area contributed by atoms with Crippen LogP contribution in [-0.4, -0.2) is 24.1 Å². The number of rotatable bonds is 3. The summed E-state index contributed by atoms with van der Waals surface area (Å²) in [5, 5.41) is 15.5. The van der Waals surface area contributed by atoms with Crippen LogP contribution in [0.1, 0.15) is 0 Å². The van der Waals surface area contributed by atoms with Crippen LogP contribution in [0.5, 0.6) is 0 Å². The van der Waals surface area contributed by atoms with E-state index in [2.05, 4.69) is 10.1 Å². The van der Waals surface area contributed by atoms with Crippen molar-refractivity contribution in [2.45, 2.75) is 0 Å². The molecule has 0 saturated carbocycles. The first-order valence-electron chi connectivity index (χ1n) is 6.94. The number of hydrogen-bond donors (Lipinski definition) is 0. The van der Waals surface area contributed by atoms with Gasteiger partial charge in [-0.25, -0.2) is 4.52 Å². The van der Waals surface area contributed by atoms with Crippen molar-refractivity contribution in [3.63, 3.8) is 0 Å². The predicted molar refractivity (Wildman–Crippen MR) is 84.4 cm³/mol. The number of non-ortho nitro benzene ring substituents is 1. The highest BCUT2D eigenvalue weighted by Gasteiger charge is 2.12. The Bertz CT molecular complexity index is 1000. The highest BCUT2D eigenvalue weighted by atomic mass is 16.6. The summed E-state index contributed by atoms with van der Waals surface area (Å²) in [4.78, 5) is 14.6. The van der Waals surface area contributed by atoms with Gasteiger partial charge < -0.3 is 0 Å². The predicted octanol–water partition coefficient (Wildman–Crippen LogP) is 3.10. The third-order valence-electron chi connectivity index (χ3n) is 3.60. The van der Waals surface area contributed by atoms with Gasteiger partial charge in [-0.3, -0.25) is 19.7 Å². The van der Waals surface area contributed by atoms with Crippen molar-refractivity contribution in [3.8, 4) is 16.9 Å². The monoisotopic (exact) mass is 305 g/mol. The van der Waals surface area contributed by atoms with E-state index in [1.165, 1.54) is 12.1 Å². The van der Waals surface area contributed by atoms with E-state index in [4.69, 9.17) is 0 Å². The number of pyridine rings is 1. The Morgan fingerprint density at radius 3 is 2.78 bits per heavy atom. The van der Waals surface area contributed by atoms with Gasteiger partial charge in [0.15, 0.2) is 0 Å². The van der Waals surface area contributed by atoms with Gasteiger partial charge in [-0.1, -0.05) is 6.07 Å². The molecule has 0 spiro atoms. The second-order valence-electron chi connectivity index (χ2n) is 5.02. The third kappa shape index (κ3) is 2.24. The van der Waals surface area contributed by atoms with E-state index in [9.17, 15) is 10.1 Å². The van der Waals surface area contributed by atoms with E-state index in [1.54, 1.807) is 23.0 Å². The molecular weight excluding hydrogens is 294 g/mol. The van der Waals surface area contributed by atoms with Crippen molar-refractivity contribution in [1.82, 2.24) is 19.2 Å². The van der Waals surface area contributed by atoms with E-state index < -0.39 is 4.92 Å². The molecule has 3 aromatic heterocycles. The second-order valence-corrected chi connectivity index (χ2v) is 5.02. The smallest absolute Gasteiger partial charge is 0.271 e. The summed E-state index contributed by atoms with van der Waals surface area (Å²) in [5.74, 6) is 0. The highest BCUT2D eigenvalue weighted by Crippen LogP contribution is 2.23. The van der Waals surface area contributed by atoms with Crippen molar-refractivity contribution in [2.75, 3.05) is 0 Å². The molecule has 112 valence electrons. The minimum absolute atomic E-state index is 0.0568. The molecule has 1 aromatic carbocycles. The summed E-state index contributed by atoms with van der Waals surface area (Å²) in [6.07, 6.45) is 7.10. The molecule has 0 fully saturated rings. The fourth-order valence-corrected chi connectivity index (χ4v) is 2.51. The van der Waals surface area contributed by atoms with Gasteiger partial charge in [0.25, 0.3) is 5.69 Å². The molecule has 0 aliphatic carbocycles. The van der Waals surface area contributed by atoms with Crippen LogP contribution in [0.3, 0.4) is 0 Å². The van der Waals surface area contributed by atoms with Crippen LogP contribution in [-0.2, 0) is 0 Å². The number of fused-ring (bicyclic) bond motifs is 1. The quantitative estimate of drug-likeness (QED) is 0.430. The summed E-state index contributed by atoms with van der Waals surface area (Å²) >= 11 is 0. The molecule has 0 unspecified atom stereocenters. The molecule has 0 saturated heterocycles. The molecule has 0 N–H and O–H groups in total. The van der Waals surface area contributed by atoms with E-state index >= 15 is 0 Å². The molecule has 0 radical (unpaired) electrons. The minimum atomic E-state index is -0.401. The van der Waals surface area contributed by atoms with Gasteiger partial charge in [0.05, 0.1) is 16.3 Å². The van der Waals surface area contributed by atoms with Crippen molar-refractivity contribution in [1.29, 1.82) is 0 Å². The summed E-state index contributed by atoms with van der Waals surface area (Å²) in [6.45, 7) is 0. The number of hydrogen-bond acceptors (Lipinski definition) is 4. The van der Waals surface area contributed by atoms with Gasteiger partial charge in [-0.05, 0) is 18.2 Å². The van der Waals surface area contributed by atoms with Crippen LogP contribution < -0.4 is 0 Å². The molecule has 3 heterocycles. The zero-order valence-corrected chi connectivity index (χ0v) is 11.9. The zero-order valence-electron chi connectivity index (χ0n) is 11.9. The van der Waals surface area contributed by atoms with Gasteiger partial charge in [-0.2, -0.15) is 5.10 Å². The number of nitrogens with zero attached hydrogens (tertiary/aromatic N) is 5. The first kappa shape index (κ1) is 13.2. The van der Waals surface area contributed by atoms with Crippen molar-refractivity contribution in [2.24, 2.45) is 0 Å². The van der Waals surface area contributed by atoms with Gasteiger partial charge in [0.2, 0.25) is 0 Å². The molecule has 0 bridgehead atoms. The number of nitro benzene ring substituents is 1. The number of nitro groups is 1. The maximum Gasteiger partial charge on any atom is 0.271 e. The van der Waals surface area contributed by atoms with Gasteiger partial charge in [-0.15, -0.1) is 0 Å². The van der Waals surface area contributed by atoms with Crippen LogP contribution in [0.15, 0.2) is 67.3 Å². The third-order valence-corrected chi connectivity index (χ3v) is 3.60. The summed E-state index contributed by atoms with van der Waals surface area (Å²) in [5.41, 5.74) is 3.31. The summed E-state index contributed by atoms with van der Waals surface area (Å²) < 4.78 is 3.60. The van der Waals surface area contributed by atoms with Crippen molar-refractivity contribution >= 4 is 11.3 Å². The average molecular weight is 305 g/mol. The van der Waals surface area contributed by atoms with E-state index in [0.29, 0.717) is 5.69 Å². The lowest BCUT2D eigenvalue weighted by molar-refractivity contribution is -0.384. The molecule has 7 nitrogen and oxygen atoms in total. The molecule has 23 heavy (non-hydrogen) atoms. The molecular formula is C16H11N5O2. The van der Waals surface area contributed by atoms with Crippen LogP contribution in [0, 0.1) is 10.1 Å². The Morgan fingerprint density at radius 1 is 1.09 bits per heavy atom. The summed E-state index contributed by atoms with van der Waals surface area (Å²) in [6, 6.07) is 12.2. The van der Waals surface area contributed by atoms with Gasteiger partial charge >= 0.3 is 0 Å². The highest BCUT2D eigenvalue weighted by molar-refractivity contribution is 5.65. The largest absolute Gasteiger partial charge is 0.300 e. The van der Waals surface area contributed by atoms with E-state index in [1.807, 2.05) is 41.2 Å². The SMILES string of the molecule is O=[N+]([O-])c1cccc(-n2ccn3nc(-c4cccnc4)cc23)c1. The Kier molecular flexibility index (Phi) is 2.90. The van der Waals surface area contributed by atoms with E-state index in [-0.39, 0.29) is 5.69 Å². The number of benzene rings is 1. The molecule has 0 aliphatic rings. The minimum Gasteiger partial charge on any atom is -0.300 e. The lowest BCUT2D eigenvalue weighted by atomic mass is 10.2. The lowest BCUT2D eigenvalue weighted by Crippen LogP contribution is -1.94. The fraction of sp³-hybridized carbons (Fsp3) is 0. The fourth-order valence-electron chi connectivity index (χ4n) is 2.51. The first-order valence-corrected chi connectivity index (χ1v) is 6.94. The zero-order chi connectivity index (χ0) is 15.8. The van der Waals surface area contributed by atoms with Crippen LogP contribution in [0.4, 0.5) is 5.69 Å². The lowest BCUT2D eigenvalue weighted by Gasteiger charge is -2.02. The van der Waals surface area contributed by atoms with Crippen LogP contribution >= 0.6 is 0 Å². The molecule has 0 amide bonds. The number of aromatic nitrogens is 4. The van der Waals surface area contributed by atoms with Crippen LogP contribution in [0.25, 0.3) is 22.6 Å². The van der Waals surface area contributed by atoms with Gasteiger partial charge in [0.1, 0.15) is 5.65 Å². The topological polar surface area (TPSA) is 78.3 Å². The first-order chi connectivity index (χ1) is 11.2. The van der Waals surface area contributed by atoms with Crippen molar-refractivity contribution in [3.05, 3.63) is 77.4 Å². The maximum atomic E-state index is 10.9. The van der Waals surface area contributed by atoms with Crippen LogP contribution in [0.2, 0.25) is 0 Å². The molecule has 0 aliphatic heterocycles.